The number of nitrogens with zero attached hydrogens (tertiary/aromatic N) is 3. The number of hydrogen-bond donors (Lipinski definition) is 1. The van der Waals surface area contributed by atoms with E-state index in [1.165, 1.54) is 5.56 Å². The van der Waals surface area contributed by atoms with Crippen molar-refractivity contribution in [3.63, 3.8) is 0 Å². The predicted octanol–water partition coefficient (Wildman–Crippen LogP) is 6.26. The van der Waals surface area contributed by atoms with Crippen molar-refractivity contribution in [3.8, 4) is 5.69 Å². The van der Waals surface area contributed by atoms with E-state index in [0.717, 1.165) is 64.2 Å². The summed E-state index contributed by atoms with van der Waals surface area (Å²) in [6, 6.07) is 22.7. The number of rotatable bonds is 5. The number of carbonyl (C=O) groups excluding carboxylic acids is 1. The van der Waals surface area contributed by atoms with E-state index in [9.17, 15) is 4.79 Å². The van der Waals surface area contributed by atoms with Gasteiger partial charge in [0.05, 0.1) is 23.5 Å². The first-order valence-electron chi connectivity index (χ1n) is 11.8. The van der Waals surface area contributed by atoms with Crippen molar-refractivity contribution in [2.24, 2.45) is 5.92 Å². The molecule has 5 rings (SSSR count). The van der Waals surface area contributed by atoms with Gasteiger partial charge >= 0.3 is 0 Å². The lowest BCUT2D eigenvalue weighted by molar-refractivity contribution is -0.121. The summed E-state index contributed by atoms with van der Waals surface area (Å²) < 4.78 is 3.29. The molecule has 4 aromatic rings. The van der Waals surface area contributed by atoms with Crippen LogP contribution in [0.15, 0.2) is 71.2 Å². The Morgan fingerprint density at radius 1 is 1.09 bits per heavy atom. The lowest BCUT2D eigenvalue weighted by atomic mass is 9.96. The average molecular weight is 517 g/mol. The molecule has 3 aromatic carbocycles. The summed E-state index contributed by atoms with van der Waals surface area (Å²) in [5.41, 5.74) is 6.39. The standard InChI is InChI=1S/C28H29BrN4O/c1-19-9-14-24(20(2)16-19)31-28(34)21-6-5-15-32(17-21)18-27-30-25-7-3-4-8-26(25)33(27)23-12-10-22(29)11-13-23/h3-4,7-14,16,21H,5-6,15,17-18H2,1-2H3,(H,31,34)/t21-/m0/s1. The Hall–Kier alpha value is -2.96. The third-order valence-corrected chi connectivity index (χ3v) is 7.12. The Morgan fingerprint density at radius 3 is 2.68 bits per heavy atom. The van der Waals surface area contributed by atoms with Gasteiger partial charge in [-0.25, -0.2) is 4.98 Å². The van der Waals surface area contributed by atoms with E-state index >= 15 is 0 Å². The molecule has 1 aliphatic heterocycles. The van der Waals surface area contributed by atoms with Crippen molar-refractivity contribution in [1.29, 1.82) is 0 Å². The SMILES string of the molecule is Cc1ccc(NC(=O)[C@H]2CCCN(Cc3nc4ccccc4n3-c3ccc(Br)cc3)C2)c(C)c1. The molecule has 1 saturated heterocycles. The Balaban J connectivity index is 1.36. The van der Waals surface area contributed by atoms with E-state index in [4.69, 9.17) is 4.98 Å². The Kier molecular flexibility index (Phi) is 6.53. The number of aryl methyl sites for hydroxylation is 2. The molecule has 1 aliphatic rings. The number of fused-ring (bicyclic) bond motifs is 1. The van der Waals surface area contributed by atoms with E-state index in [1.807, 2.05) is 25.1 Å². The molecule has 0 aliphatic carbocycles. The molecular formula is C28H29BrN4O. The van der Waals surface area contributed by atoms with Gasteiger partial charge in [0.2, 0.25) is 5.91 Å². The van der Waals surface area contributed by atoms with E-state index in [0.29, 0.717) is 6.54 Å². The normalized spacial score (nSPS) is 16.6. The Labute approximate surface area is 208 Å². The summed E-state index contributed by atoms with van der Waals surface area (Å²) in [6.45, 7) is 6.52. The molecule has 0 saturated carbocycles. The maximum atomic E-state index is 13.1. The zero-order valence-electron chi connectivity index (χ0n) is 19.6. The molecule has 1 N–H and O–H groups in total. The lowest BCUT2D eigenvalue weighted by Crippen LogP contribution is -2.40. The minimum absolute atomic E-state index is 0.0278. The van der Waals surface area contributed by atoms with Gasteiger partial charge in [0, 0.05) is 22.4 Å². The smallest absolute Gasteiger partial charge is 0.228 e. The second-order valence-corrected chi connectivity index (χ2v) is 10.1. The van der Waals surface area contributed by atoms with Crippen LogP contribution in [0.3, 0.4) is 0 Å². The van der Waals surface area contributed by atoms with E-state index < -0.39 is 0 Å². The summed E-state index contributed by atoms with van der Waals surface area (Å²) in [6.07, 6.45) is 1.92. The van der Waals surface area contributed by atoms with Crippen LogP contribution in [0, 0.1) is 19.8 Å². The summed E-state index contributed by atoms with van der Waals surface area (Å²) in [4.78, 5) is 20.4. The number of likely N-dealkylation sites (tertiary alicyclic amines) is 1. The first-order chi connectivity index (χ1) is 16.5. The number of halogens is 1. The molecule has 6 heteroatoms. The number of aromatic nitrogens is 2. The van der Waals surface area contributed by atoms with E-state index in [1.54, 1.807) is 0 Å². The van der Waals surface area contributed by atoms with Crippen LogP contribution in [0.2, 0.25) is 0 Å². The Bertz CT molecular complexity index is 1330. The largest absolute Gasteiger partial charge is 0.326 e. The van der Waals surface area contributed by atoms with Crippen molar-refractivity contribution in [2.75, 3.05) is 18.4 Å². The first kappa shape index (κ1) is 22.8. The highest BCUT2D eigenvalue weighted by Gasteiger charge is 2.27. The number of amides is 1. The summed E-state index contributed by atoms with van der Waals surface area (Å²) >= 11 is 3.54. The molecule has 1 atom stereocenters. The average Bonchev–Trinajstić information content (AvgIpc) is 3.19. The van der Waals surface area contributed by atoms with Crippen molar-refractivity contribution in [3.05, 3.63) is 88.2 Å². The molecule has 1 amide bonds. The minimum atomic E-state index is -0.0278. The molecule has 0 bridgehead atoms. The number of benzene rings is 3. The highest BCUT2D eigenvalue weighted by Crippen LogP contribution is 2.26. The zero-order valence-corrected chi connectivity index (χ0v) is 21.2. The third-order valence-electron chi connectivity index (χ3n) is 6.60. The van der Waals surface area contributed by atoms with Crippen LogP contribution >= 0.6 is 15.9 Å². The number of carbonyl (C=O) groups is 1. The van der Waals surface area contributed by atoms with E-state index in [2.05, 4.69) is 86.2 Å². The van der Waals surface area contributed by atoms with Gasteiger partial charge in [0.25, 0.3) is 0 Å². The van der Waals surface area contributed by atoms with Gasteiger partial charge in [-0.2, -0.15) is 0 Å². The second-order valence-electron chi connectivity index (χ2n) is 9.21. The molecule has 34 heavy (non-hydrogen) atoms. The molecule has 5 nitrogen and oxygen atoms in total. The van der Waals surface area contributed by atoms with Crippen LogP contribution in [0.5, 0.6) is 0 Å². The van der Waals surface area contributed by atoms with Gasteiger partial charge < -0.3 is 5.32 Å². The van der Waals surface area contributed by atoms with Crippen molar-refractivity contribution < 1.29 is 4.79 Å². The molecule has 2 heterocycles. The maximum Gasteiger partial charge on any atom is 0.228 e. The van der Waals surface area contributed by atoms with Gasteiger partial charge in [-0.05, 0) is 81.3 Å². The van der Waals surface area contributed by atoms with Crippen molar-refractivity contribution >= 4 is 38.6 Å². The van der Waals surface area contributed by atoms with Gasteiger partial charge in [-0.15, -0.1) is 0 Å². The fraction of sp³-hybridized carbons (Fsp3) is 0.286. The quantitative estimate of drug-likeness (QED) is 0.340. The zero-order chi connectivity index (χ0) is 23.7. The van der Waals surface area contributed by atoms with Crippen LogP contribution < -0.4 is 5.32 Å². The second kappa shape index (κ2) is 9.72. The van der Waals surface area contributed by atoms with Crippen LogP contribution in [-0.4, -0.2) is 33.4 Å². The third kappa shape index (κ3) is 4.79. The maximum absolute atomic E-state index is 13.1. The van der Waals surface area contributed by atoms with Gasteiger partial charge in [-0.1, -0.05) is 45.8 Å². The first-order valence-corrected chi connectivity index (χ1v) is 12.6. The highest BCUT2D eigenvalue weighted by molar-refractivity contribution is 9.10. The number of para-hydroxylation sites is 2. The molecule has 0 spiro atoms. The number of piperidine rings is 1. The van der Waals surface area contributed by atoms with Gasteiger partial charge in [0.1, 0.15) is 5.82 Å². The number of anilines is 1. The highest BCUT2D eigenvalue weighted by atomic mass is 79.9. The summed E-state index contributed by atoms with van der Waals surface area (Å²) in [5, 5.41) is 3.16. The number of nitrogens with one attached hydrogen (secondary N) is 1. The Morgan fingerprint density at radius 2 is 1.88 bits per heavy atom. The van der Waals surface area contributed by atoms with Crippen molar-refractivity contribution in [2.45, 2.75) is 33.2 Å². The molecule has 0 unspecified atom stereocenters. The molecule has 1 aromatic heterocycles. The fourth-order valence-electron chi connectivity index (χ4n) is 4.86. The summed E-state index contributed by atoms with van der Waals surface area (Å²) in [7, 11) is 0. The van der Waals surface area contributed by atoms with Crippen molar-refractivity contribution in [1.82, 2.24) is 14.5 Å². The molecule has 0 radical (unpaired) electrons. The fourth-order valence-corrected chi connectivity index (χ4v) is 5.13. The number of hydrogen-bond acceptors (Lipinski definition) is 3. The summed E-state index contributed by atoms with van der Waals surface area (Å²) in [5.74, 6) is 1.08. The number of imidazole rings is 1. The van der Waals surface area contributed by atoms with Gasteiger partial charge in [-0.3, -0.25) is 14.3 Å². The van der Waals surface area contributed by atoms with E-state index in [-0.39, 0.29) is 11.8 Å². The van der Waals surface area contributed by atoms with Crippen LogP contribution in [0.1, 0.15) is 29.8 Å². The molecule has 1 fully saturated rings. The van der Waals surface area contributed by atoms with Crippen LogP contribution in [-0.2, 0) is 11.3 Å². The van der Waals surface area contributed by atoms with Crippen LogP contribution in [0.25, 0.3) is 16.7 Å². The predicted molar refractivity (Wildman–Crippen MR) is 141 cm³/mol. The topological polar surface area (TPSA) is 50.2 Å². The van der Waals surface area contributed by atoms with Crippen LogP contribution in [0.4, 0.5) is 5.69 Å². The van der Waals surface area contributed by atoms with Gasteiger partial charge in [0.15, 0.2) is 0 Å². The minimum Gasteiger partial charge on any atom is -0.326 e. The lowest BCUT2D eigenvalue weighted by Gasteiger charge is -2.32. The molecule has 174 valence electrons. The molecular weight excluding hydrogens is 488 g/mol. The monoisotopic (exact) mass is 516 g/mol.